The van der Waals surface area contributed by atoms with Crippen LogP contribution in [0.5, 0.6) is 0 Å². The van der Waals surface area contributed by atoms with Gasteiger partial charge in [0.1, 0.15) is 18.0 Å². The van der Waals surface area contributed by atoms with E-state index in [4.69, 9.17) is 4.74 Å². The summed E-state index contributed by atoms with van der Waals surface area (Å²) in [6, 6.07) is 11.1. The SMILES string of the molecule is CCS(=O)N[C@@H]1[C@H](Cc2cccc(-c3ccccc3)c2F)N(C(=O)C2CCO2)CC1(F)F. The lowest BCUT2D eigenvalue weighted by Gasteiger charge is -2.34. The third-order valence-electron chi connectivity index (χ3n) is 5.99. The molecule has 0 spiro atoms. The molecule has 2 aliphatic rings. The Kier molecular flexibility index (Phi) is 6.69. The van der Waals surface area contributed by atoms with Crippen LogP contribution in [0.1, 0.15) is 18.9 Å². The van der Waals surface area contributed by atoms with Gasteiger partial charge in [0.15, 0.2) is 0 Å². The predicted octanol–water partition coefficient (Wildman–Crippen LogP) is 3.31. The van der Waals surface area contributed by atoms with Crippen LogP contribution in [0.15, 0.2) is 48.5 Å². The number of nitrogens with zero attached hydrogens (tertiary/aromatic N) is 1. The number of alkyl halides is 2. The van der Waals surface area contributed by atoms with E-state index in [0.29, 0.717) is 24.2 Å². The van der Waals surface area contributed by atoms with Gasteiger partial charge in [0, 0.05) is 17.7 Å². The van der Waals surface area contributed by atoms with Crippen LogP contribution in [0.25, 0.3) is 11.1 Å². The molecule has 5 nitrogen and oxygen atoms in total. The number of nitrogens with one attached hydrogen (secondary N) is 1. The van der Waals surface area contributed by atoms with Gasteiger partial charge in [-0.05, 0) is 17.5 Å². The van der Waals surface area contributed by atoms with Crippen molar-refractivity contribution in [1.29, 1.82) is 0 Å². The molecule has 2 aromatic carbocycles. The fourth-order valence-corrected chi connectivity index (χ4v) is 4.96. The molecule has 0 aromatic heterocycles. The Morgan fingerprint density at radius 2 is 1.94 bits per heavy atom. The molecule has 0 bridgehead atoms. The Morgan fingerprint density at radius 3 is 2.56 bits per heavy atom. The van der Waals surface area contributed by atoms with E-state index in [1.54, 1.807) is 43.3 Å². The Balaban J connectivity index is 1.68. The molecule has 2 saturated heterocycles. The monoisotopic (exact) mass is 466 g/mol. The van der Waals surface area contributed by atoms with Crippen molar-refractivity contribution >= 4 is 16.9 Å². The number of ether oxygens (including phenoxy) is 1. The summed E-state index contributed by atoms with van der Waals surface area (Å²) in [7, 11) is -1.70. The summed E-state index contributed by atoms with van der Waals surface area (Å²) in [5.74, 6) is -4.23. The van der Waals surface area contributed by atoms with Gasteiger partial charge in [-0.25, -0.2) is 22.1 Å². The van der Waals surface area contributed by atoms with Gasteiger partial charge in [0.25, 0.3) is 11.8 Å². The zero-order valence-electron chi connectivity index (χ0n) is 17.6. The molecule has 4 rings (SSSR count). The number of benzene rings is 2. The van der Waals surface area contributed by atoms with Gasteiger partial charge in [0.2, 0.25) is 0 Å². The molecule has 2 fully saturated rings. The van der Waals surface area contributed by atoms with Crippen molar-refractivity contribution in [2.24, 2.45) is 0 Å². The van der Waals surface area contributed by atoms with E-state index in [1.165, 1.54) is 6.07 Å². The Labute approximate surface area is 187 Å². The minimum absolute atomic E-state index is 0.136. The molecule has 9 heteroatoms. The third kappa shape index (κ3) is 4.46. The summed E-state index contributed by atoms with van der Waals surface area (Å²) >= 11 is 0. The van der Waals surface area contributed by atoms with Gasteiger partial charge in [-0.15, -0.1) is 0 Å². The summed E-state index contributed by atoms with van der Waals surface area (Å²) in [5.41, 5.74) is 1.24. The largest absolute Gasteiger partial charge is 0.368 e. The molecule has 1 amide bonds. The smallest absolute Gasteiger partial charge is 0.283 e. The van der Waals surface area contributed by atoms with Crippen molar-refractivity contribution in [3.63, 3.8) is 0 Å². The standard InChI is InChI=1S/C23H25F3N2O3S/c1-2-32(30)27-21-18(28(14-23(21,25)26)22(29)19-11-12-31-19)13-16-9-6-10-17(20(16)24)15-7-4-3-5-8-15/h3-10,18-19,21,27H,2,11-14H2,1H3/t18-,19?,21+,32?/m0/s1. The topological polar surface area (TPSA) is 58.6 Å². The number of carbonyl (C=O) groups excluding carboxylic acids is 1. The Hall–Kier alpha value is -2.23. The highest BCUT2D eigenvalue weighted by Crippen LogP contribution is 2.37. The molecule has 1 N–H and O–H groups in total. The first-order valence-electron chi connectivity index (χ1n) is 10.6. The summed E-state index contributed by atoms with van der Waals surface area (Å²) in [6.07, 6.45) is -0.437. The number of amides is 1. The number of carbonyl (C=O) groups is 1. The van der Waals surface area contributed by atoms with Gasteiger partial charge in [-0.2, -0.15) is 0 Å². The van der Waals surface area contributed by atoms with Crippen LogP contribution in [0.3, 0.4) is 0 Å². The molecule has 0 radical (unpaired) electrons. The Bertz CT molecular complexity index is 1000. The normalized spacial score (nSPS) is 25.4. The van der Waals surface area contributed by atoms with Gasteiger partial charge < -0.3 is 9.64 Å². The van der Waals surface area contributed by atoms with E-state index in [1.807, 2.05) is 6.07 Å². The Morgan fingerprint density at radius 1 is 1.22 bits per heavy atom. The maximum atomic E-state index is 15.4. The van der Waals surface area contributed by atoms with Gasteiger partial charge in [0.05, 0.1) is 30.2 Å². The van der Waals surface area contributed by atoms with Crippen molar-refractivity contribution in [3.05, 3.63) is 59.9 Å². The molecule has 2 unspecified atom stereocenters. The summed E-state index contributed by atoms with van der Waals surface area (Å²) < 4.78 is 65.2. The molecule has 2 aromatic rings. The zero-order valence-corrected chi connectivity index (χ0v) is 18.4. The lowest BCUT2D eigenvalue weighted by atomic mass is 9.95. The van der Waals surface area contributed by atoms with Crippen LogP contribution in [-0.2, 0) is 26.9 Å². The average Bonchev–Trinajstić information content (AvgIpc) is 2.99. The van der Waals surface area contributed by atoms with Crippen molar-refractivity contribution in [3.8, 4) is 11.1 Å². The maximum absolute atomic E-state index is 15.4. The third-order valence-corrected chi connectivity index (χ3v) is 7.03. The van der Waals surface area contributed by atoms with Crippen molar-refractivity contribution in [2.75, 3.05) is 18.9 Å². The molecule has 2 heterocycles. The second kappa shape index (κ2) is 9.33. The van der Waals surface area contributed by atoms with Crippen LogP contribution in [-0.4, -0.2) is 58.0 Å². The molecule has 4 atom stereocenters. The highest BCUT2D eigenvalue weighted by molar-refractivity contribution is 7.83. The number of hydrogen-bond donors (Lipinski definition) is 1. The predicted molar refractivity (Wildman–Crippen MR) is 116 cm³/mol. The van der Waals surface area contributed by atoms with Crippen molar-refractivity contribution in [2.45, 2.75) is 43.9 Å². The van der Waals surface area contributed by atoms with E-state index in [0.717, 1.165) is 4.90 Å². The highest BCUT2D eigenvalue weighted by atomic mass is 32.2. The minimum atomic E-state index is -3.32. The fraction of sp³-hybridized carbons (Fsp3) is 0.435. The molecular formula is C23H25F3N2O3S. The van der Waals surface area contributed by atoms with Crippen molar-refractivity contribution < 1.29 is 26.9 Å². The summed E-state index contributed by atoms with van der Waals surface area (Å²) in [4.78, 5) is 13.9. The summed E-state index contributed by atoms with van der Waals surface area (Å²) in [6.45, 7) is 1.19. The van der Waals surface area contributed by atoms with E-state index >= 15 is 4.39 Å². The number of rotatable bonds is 7. The van der Waals surface area contributed by atoms with E-state index in [2.05, 4.69) is 4.72 Å². The van der Waals surface area contributed by atoms with Gasteiger partial charge in [-0.3, -0.25) is 4.79 Å². The first-order chi connectivity index (χ1) is 15.3. The van der Waals surface area contributed by atoms with E-state index in [9.17, 15) is 17.8 Å². The van der Waals surface area contributed by atoms with Gasteiger partial charge in [-0.1, -0.05) is 55.5 Å². The highest BCUT2D eigenvalue weighted by Gasteiger charge is 2.57. The van der Waals surface area contributed by atoms with E-state index < -0.39 is 53.4 Å². The average molecular weight is 467 g/mol. The van der Waals surface area contributed by atoms with Crippen LogP contribution >= 0.6 is 0 Å². The lowest BCUT2D eigenvalue weighted by Crippen LogP contribution is -2.53. The number of halogens is 3. The fourth-order valence-electron chi connectivity index (χ4n) is 4.18. The zero-order chi connectivity index (χ0) is 22.9. The number of likely N-dealkylation sites (tertiary alicyclic amines) is 1. The second-order valence-corrected chi connectivity index (χ2v) is 9.53. The lowest BCUT2D eigenvalue weighted by molar-refractivity contribution is -0.158. The molecule has 2 aliphatic heterocycles. The minimum Gasteiger partial charge on any atom is -0.368 e. The second-order valence-electron chi connectivity index (χ2n) is 8.02. The summed E-state index contributed by atoms with van der Waals surface area (Å²) in [5, 5.41) is 0. The first kappa shape index (κ1) is 22.9. The van der Waals surface area contributed by atoms with Crippen LogP contribution in [0.4, 0.5) is 13.2 Å². The molecule has 172 valence electrons. The number of hydrogen-bond acceptors (Lipinski definition) is 3. The van der Waals surface area contributed by atoms with E-state index in [-0.39, 0.29) is 17.7 Å². The molecule has 32 heavy (non-hydrogen) atoms. The van der Waals surface area contributed by atoms with Crippen molar-refractivity contribution in [1.82, 2.24) is 9.62 Å². The van der Waals surface area contributed by atoms with Crippen LogP contribution in [0.2, 0.25) is 0 Å². The van der Waals surface area contributed by atoms with Crippen LogP contribution < -0.4 is 4.72 Å². The molecular weight excluding hydrogens is 441 g/mol. The molecule has 0 aliphatic carbocycles. The van der Waals surface area contributed by atoms with Gasteiger partial charge >= 0.3 is 0 Å². The van der Waals surface area contributed by atoms with Crippen LogP contribution in [0, 0.1) is 5.82 Å². The molecule has 0 saturated carbocycles. The quantitative estimate of drug-likeness (QED) is 0.681. The maximum Gasteiger partial charge on any atom is 0.283 e. The first-order valence-corrected chi connectivity index (χ1v) is 11.9.